The Morgan fingerprint density at radius 2 is 1.43 bits per heavy atom. The minimum atomic E-state index is -4.71. The minimum absolute atomic E-state index is 0.209. The maximum atomic E-state index is 13.5. The maximum Gasteiger partial charge on any atom is 0.419 e. The summed E-state index contributed by atoms with van der Waals surface area (Å²) in [6.07, 6.45) is 5.34. The molecule has 0 aromatic heterocycles. The number of hydrogen-bond donors (Lipinski definition) is 0. The largest absolute Gasteiger partial charge is 0.419 e. The zero-order valence-electron chi connectivity index (χ0n) is 15.8. The molecule has 2 aromatic carbocycles. The van der Waals surface area contributed by atoms with Crippen LogP contribution in [-0.4, -0.2) is 12.4 Å². The van der Waals surface area contributed by atoms with Gasteiger partial charge in [0.05, 0.1) is 18.0 Å². The zero-order valence-corrected chi connectivity index (χ0v) is 15.8. The van der Waals surface area contributed by atoms with E-state index in [9.17, 15) is 17.6 Å². The van der Waals surface area contributed by atoms with E-state index in [0.29, 0.717) is 6.07 Å². The summed E-state index contributed by atoms with van der Waals surface area (Å²) in [5, 5.41) is 7.63. The Kier molecular flexibility index (Phi) is 8.36. The van der Waals surface area contributed by atoms with Gasteiger partial charge in [0, 0.05) is 0 Å². The summed E-state index contributed by atoms with van der Waals surface area (Å²) in [5.41, 5.74) is 1.06. The Morgan fingerprint density at radius 3 is 2.04 bits per heavy atom. The molecule has 0 spiro atoms. The quantitative estimate of drug-likeness (QED) is 0.194. The van der Waals surface area contributed by atoms with Crippen molar-refractivity contribution in [1.82, 2.24) is 0 Å². The standard InChI is InChI=1S/C22H24F4N2/c1-2-3-4-5-6-7-17-8-10-18(11-9-17)15-27-28-16-19-12-13-20(21(23)14-19)22(24,25)26/h8-16H,2-7H2,1H3/b27-15+,28-16+. The molecule has 0 bridgehead atoms. The van der Waals surface area contributed by atoms with E-state index in [-0.39, 0.29) is 5.56 Å². The molecule has 2 rings (SSSR count). The molecule has 2 aromatic rings. The van der Waals surface area contributed by atoms with Crippen molar-refractivity contribution in [2.75, 3.05) is 0 Å². The first-order valence-electron chi connectivity index (χ1n) is 9.42. The molecular formula is C22H24F4N2. The van der Waals surface area contributed by atoms with E-state index in [2.05, 4.69) is 29.3 Å². The summed E-state index contributed by atoms with van der Waals surface area (Å²) in [7, 11) is 0. The molecule has 0 heterocycles. The zero-order chi connectivity index (χ0) is 20.4. The van der Waals surface area contributed by atoms with Gasteiger partial charge in [0.25, 0.3) is 0 Å². The second-order valence-electron chi connectivity index (χ2n) is 6.63. The monoisotopic (exact) mass is 392 g/mol. The second kappa shape index (κ2) is 10.7. The van der Waals surface area contributed by atoms with Gasteiger partial charge in [0.1, 0.15) is 5.82 Å². The molecule has 2 nitrogen and oxygen atoms in total. The number of alkyl halides is 3. The summed E-state index contributed by atoms with van der Waals surface area (Å²) >= 11 is 0. The summed E-state index contributed by atoms with van der Waals surface area (Å²) in [4.78, 5) is 0. The Morgan fingerprint density at radius 1 is 0.821 bits per heavy atom. The lowest BCUT2D eigenvalue weighted by Crippen LogP contribution is -2.08. The molecule has 0 saturated carbocycles. The van der Waals surface area contributed by atoms with E-state index in [0.717, 1.165) is 24.1 Å². The molecule has 0 saturated heterocycles. The Bertz CT molecular complexity index is 793. The topological polar surface area (TPSA) is 24.7 Å². The number of rotatable bonds is 9. The molecular weight excluding hydrogens is 368 g/mol. The van der Waals surface area contributed by atoms with E-state index in [1.807, 2.05) is 12.1 Å². The van der Waals surface area contributed by atoms with Gasteiger partial charge in [-0.25, -0.2) is 4.39 Å². The average molecular weight is 392 g/mol. The summed E-state index contributed by atoms with van der Waals surface area (Å²) in [6.45, 7) is 2.20. The van der Waals surface area contributed by atoms with Gasteiger partial charge in [-0.1, -0.05) is 62.9 Å². The lowest BCUT2D eigenvalue weighted by atomic mass is 10.0. The van der Waals surface area contributed by atoms with Gasteiger partial charge in [0.2, 0.25) is 0 Å². The van der Waals surface area contributed by atoms with Crippen molar-refractivity contribution in [3.8, 4) is 0 Å². The van der Waals surface area contributed by atoms with Gasteiger partial charge in [0.15, 0.2) is 0 Å². The first-order valence-corrected chi connectivity index (χ1v) is 9.42. The first-order chi connectivity index (χ1) is 13.4. The third-order valence-electron chi connectivity index (χ3n) is 4.33. The Balaban J connectivity index is 1.86. The first kappa shape index (κ1) is 21.8. The second-order valence-corrected chi connectivity index (χ2v) is 6.63. The third kappa shape index (κ3) is 7.25. The van der Waals surface area contributed by atoms with Crippen LogP contribution in [0.25, 0.3) is 0 Å². The fourth-order valence-electron chi connectivity index (χ4n) is 2.74. The van der Waals surface area contributed by atoms with E-state index < -0.39 is 17.6 Å². The molecule has 0 fully saturated rings. The Hall–Kier alpha value is -2.50. The maximum absolute atomic E-state index is 13.5. The average Bonchev–Trinajstić information content (AvgIpc) is 2.65. The molecule has 28 heavy (non-hydrogen) atoms. The van der Waals surface area contributed by atoms with Crippen molar-refractivity contribution in [3.05, 3.63) is 70.5 Å². The highest BCUT2D eigenvalue weighted by Gasteiger charge is 2.33. The highest BCUT2D eigenvalue weighted by atomic mass is 19.4. The van der Waals surface area contributed by atoms with E-state index in [1.54, 1.807) is 6.21 Å². The van der Waals surface area contributed by atoms with Crippen molar-refractivity contribution < 1.29 is 17.6 Å². The summed E-state index contributed by atoms with van der Waals surface area (Å²) < 4.78 is 51.1. The van der Waals surface area contributed by atoms with E-state index in [4.69, 9.17) is 0 Å². The molecule has 0 aliphatic heterocycles. The predicted molar refractivity (Wildman–Crippen MR) is 105 cm³/mol. The molecule has 0 atom stereocenters. The van der Waals surface area contributed by atoms with Gasteiger partial charge in [-0.3, -0.25) is 0 Å². The molecule has 0 aliphatic carbocycles. The van der Waals surface area contributed by atoms with Gasteiger partial charge < -0.3 is 0 Å². The van der Waals surface area contributed by atoms with Crippen molar-refractivity contribution in [1.29, 1.82) is 0 Å². The van der Waals surface area contributed by atoms with Crippen LogP contribution in [-0.2, 0) is 12.6 Å². The lowest BCUT2D eigenvalue weighted by Gasteiger charge is -2.07. The van der Waals surface area contributed by atoms with Crippen LogP contribution in [0.1, 0.15) is 61.3 Å². The smallest absolute Gasteiger partial charge is 0.206 e. The number of benzene rings is 2. The van der Waals surface area contributed by atoms with Crippen LogP contribution in [0.3, 0.4) is 0 Å². The molecule has 0 unspecified atom stereocenters. The number of nitrogens with zero attached hydrogens (tertiary/aromatic N) is 2. The van der Waals surface area contributed by atoms with Gasteiger partial charge >= 0.3 is 6.18 Å². The normalized spacial score (nSPS) is 12.3. The van der Waals surface area contributed by atoms with E-state index in [1.165, 1.54) is 43.9 Å². The summed E-state index contributed by atoms with van der Waals surface area (Å²) in [5.74, 6) is -1.33. The summed E-state index contributed by atoms with van der Waals surface area (Å²) in [6, 6.07) is 10.6. The molecule has 6 heteroatoms. The van der Waals surface area contributed by atoms with Crippen molar-refractivity contribution in [3.63, 3.8) is 0 Å². The number of unbranched alkanes of at least 4 members (excludes halogenated alkanes) is 4. The van der Waals surface area contributed by atoms with Crippen molar-refractivity contribution in [2.24, 2.45) is 10.2 Å². The van der Waals surface area contributed by atoms with Gasteiger partial charge in [-0.05, 0) is 41.7 Å². The van der Waals surface area contributed by atoms with Crippen molar-refractivity contribution in [2.45, 2.75) is 51.6 Å². The third-order valence-corrected chi connectivity index (χ3v) is 4.33. The molecule has 150 valence electrons. The fraction of sp³-hybridized carbons (Fsp3) is 0.364. The number of hydrogen-bond acceptors (Lipinski definition) is 2. The highest BCUT2D eigenvalue weighted by molar-refractivity contribution is 5.82. The van der Waals surface area contributed by atoms with Gasteiger partial charge in [-0.2, -0.15) is 23.4 Å². The van der Waals surface area contributed by atoms with Crippen LogP contribution in [0.5, 0.6) is 0 Å². The molecule has 0 radical (unpaired) electrons. The van der Waals surface area contributed by atoms with Crippen LogP contribution in [0.4, 0.5) is 17.6 Å². The van der Waals surface area contributed by atoms with Crippen LogP contribution < -0.4 is 0 Å². The Labute approximate surface area is 163 Å². The SMILES string of the molecule is CCCCCCCc1ccc(/C=N/N=C/c2ccc(C(F)(F)F)c(F)c2)cc1. The predicted octanol–water partition coefficient (Wildman–Crippen LogP) is 6.81. The lowest BCUT2D eigenvalue weighted by molar-refractivity contribution is -0.140. The van der Waals surface area contributed by atoms with Crippen LogP contribution in [0.15, 0.2) is 52.7 Å². The van der Waals surface area contributed by atoms with Crippen LogP contribution >= 0.6 is 0 Å². The molecule has 0 amide bonds. The van der Waals surface area contributed by atoms with Crippen molar-refractivity contribution >= 4 is 12.4 Å². The number of aryl methyl sites for hydroxylation is 1. The van der Waals surface area contributed by atoms with Gasteiger partial charge in [-0.15, -0.1) is 0 Å². The van der Waals surface area contributed by atoms with E-state index >= 15 is 0 Å². The molecule has 0 aliphatic rings. The minimum Gasteiger partial charge on any atom is -0.206 e. The number of halogens is 4. The fourth-order valence-corrected chi connectivity index (χ4v) is 2.74. The highest BCUT2D eigenvalue weighted by Crippen LogP contribution is 2.31. The van der Waals surface area contributed by atoms with Crippen LogP contribution in [0.2, 0.25) is 0 Å². The molecule has 0 N–H and O–H groups in total. The van der Waals surface area contributed by atoms with Crippen LogP contribution in [0, 0.1) is 5.82 Å².